The van der Waals surface area contributed by atoms with Gasteiger partial charge in [-0.2, -0.15) is 4.98 Å². The van der Waals surface area contributed by atoms with Crippen LogP contribution in [-0.2, 0) is 28.5 Å². The van der Waals surface area contributed by atoms with Gasteiger partial charge in [-0.05, 0) is 93.1 Å². The molecule has 1 aromatic heterocycles. The number of hydrogen-bond acceptors (Lipinski definition) is 14. The molecule has 3 N–H and O–H groups in total. The Kier molecular flexibility index (Phi) is 12.9. The highest BCUT2D eigenvalue weighted by molar-refractivity contribution is 5.74. The van der Waals surface area contributed by atoms with Crippen LogP contribution in [0.2, 0.25) is 0 Å². The summed E-state index contributed by atoms with van der Waals surface area (Å²) in [7, 11) is 5.82. The number of piperidine rings is 1. The highest BCUT2D eigenvalue weighted by Gasteiger charge is 2.58. The van der Waals surface area contributed by atoms with Crippen molar-refractivity contribution in [2.24, 2.45) is 17.8 Å². The van der Waals surface area contributed by atoms with E-state index >= 15 is 0 Å². The topological polar surface area (TPSA) is 160 Å². The van der Waals surface area contributed by atoms with Crippen LogP contribution in [0.5, 0.6) is 0 Å². The number of rotatable bonds is 5. The van der Waals surface area contributed by atoms with E-state index < -0.39 is 77.6 Å². The Morgan fingerprint density at radius 1 is 1.05 bits per heavy atom. The first-order chi connectivity index (χ1) is 26.3. The number of aliphatic hydroxyl groups is 3. The molecular formula is C42H68N4O10. The molecule has 1 aromatic carbocycles. The lowest BCUT2D eigenvalue weighted by molar-refractivity contribution is -0.328. The number of anilines is 1. The van der Waals surface area contributed by atoms with Gasteiger partial charge in [0.15, 0.2) is 17.7 Å². The highest BCUT2D eigenvalue weighted by atomic mass is 16.7. The number of hydrogen-bond donors (Lipinski definition) is 3. The van der Waals surface area contributed by atoms with Gasteiger partial charge in [-0.15, -0.1) is 0 Å². The van der Waals surface area contributed by atoms with Crippen molar-refractivity contribution in [3.63, 3.8) is 0 Å². The number of aromatic nitrogens is 1. The minimum Gasteiger partial charge on any atom is -0.459 e. The largest absolute Gasteiger partial charge is 0.459 e. The standard InChI is InChI=1S/C42H68N4O10/c1-12-32-41(8,50)35(48)28(6)45(11)23-24(2)22-40(7)36(54-38-33(47)30(44(9)10)21-25(3)51-38)26(4)34(27(5)37(49)53-32)55-42(56-40)17-19-46(20-18-42)39-43-29-15-13-14-16-31(29)52-39/h13-16,24-28,30,32-36,38,47-48,50H,12,17-23H2,1-11H3/t24-,25-,26+,27-,28-,30?,32-,33-,34+,35-,36-,38+,40-,41-/m1/s1. The van der Waals surface area contributed by atoms with Gasteiger partial charge in [0.1, 0.15) is 29.4 Å². The Labute approximate surface area is 332 Å². The van der Waals surface area contributed by atoms with Crippen LogP contribution >= 0.6 is 0 Å². The number of carbonyl (C=O) groups is 1. The Bertz CT molecular complexity index is 1600. The molecule has 316 valence electrons. The van der Waals surface area contributed by atoms with Crippen LogP contribution in [0, 0.1) is 17.8 Å². The zero-order chi connectivity index (χ0) is 40.9. The van der Waals surface area contributed by atoms with Crippen LogP contribution in [0.1, 0.15) is 87.5 Å². The summed E-state index contributed by atoms with van der Waals surface area (Å²) in [5.74, 6) is -2.96. The van der Waals surface area contributed by atoms with E-state index in [2.05, 4.69) is 18.7 Å². The Morgan fingerprint density at radius 3 is 2.38 bits per heavy atom. The SMILES string of the molecule is CC[C@H]1OC(=O)[C@H](C)[C@H]2OC3(CCN(c4nc5ccccc5o4)CC3)O[C@](C)(C[C@@H](C)CN(C)[C@H](C)[C@@H](O)[C@]1(C)O)[C@H](O[C@@H]1O[C@H](C)CC(N(C)C)[C@H]1O)[C@H]2C. The number of para-hydroxylation sites is 2. The van der Waals surface area contributed by atoms with Crippen molar-refractivity contribution in [1.82, 2.24) is 14.8 Å². The van der Waals surface area contributed by atoms with Crippen LogP contribution < -0.4 is 4.90 Å². The molecule has 2 aromatic rings. The van der Waals surface area contributed by atoms with Crippen molar-refractivity contribution in [1.29, 1.82) is 0 Å². The number of esters is 1. The summed E-state index contributed by atoms with van der Waals surface area (Å²) in [6, 6.07) is 7.57. The van der Waals surface area contributed by atoms with E-state index in [0.29, 0.717) is 57.8 Å². The zero-order valence-electron chi connectivity index (χ0n) is 35.4. The van der Waals surface area contributed by atoms with Crippen LogP contribution in [0.25, 0.3) is 11.1 Å². The normalized spacial score (nSPS) is 42.1. The van der Waals surface area contributed by atoms with Gasteiger partial charge in [-0.1, -0.05) is 32.9 Å². The first-order valence-electron chi connectivity index (χ1n) is 20.7. The number of ether oxygens (including phenoxy) is 5. The maximum atomic E-state index is 14.4. The van der Waals surface area contributed by atoms with Gasteiger partial charge in [-0.3, -0.25) is 4.79 Å². The summed E-state index contributed by atoms with van der Waals surface area (Å²) in [6.07, 6.45) is -3.37. The molecule has 1 unspecified atom stereocenters. The number of fused-ring (bicyclic) bond motifs is 4. The van der Waals surface area contributed by atoms with Crippen LogP contribution in [0.3, 0.4) is 0 Å². The van der Waals surface area contributed by atoms with Crippen molar-refractivity contribution in [2.75, 3.05) is 45.7 Å². The molecule has 14 heteroatoms. The first kappa shape index (κ1) is 43.2. The molecule has 4 saturated heterocycles. The molecule has 14 atom stereocenters. The summed E-state index contributed by atoms with van der Waals surface area (Å²) in [4.78, 5) is 25.2. The van der Waals surface area contributed by atoms with Gasteiger partial charge in [-0.25, -0.2) is 0 Å². The molecule has 0 amide bonds. The van der Waals surface area contributed by atoms with Crippen LogP contribution in [0.15, 0.2) is 28.7 Å². The number of carbonyl (C=O) groups excluding carboxylic acids is 1. The molecule has 56 heavy (non-hydrogen) atoms. The van der Waals surface area contributed by atoms with Crippen molar-refractivity contribution in [3.05, 3.63) is 24.3 Å². The van der Waals surface area contributed by atoms with Gasteiger partial charge in [0.2, 0.25) is 0 Å². The predicted molar refractivity (Wildman–Crippen MR) is 211 cm³/mol. The van der Waals surface area contributed by atoms with Crippen molar-refractivity contribution >= 4 is 23.1 Å². The third-order valence-electron chi connectivity index (χ3n) is 13.3. The number of benzene rings is 1. The van der Waals surface area contributed by atoms with Crippen LogP contribution in [0.4, 0.5) is 6.01 Å². The fraction of sp³-hybridized carbons (Fsp3) is 0.810. The molecular weight excluding hydrogens is 720 g/mol. The third kappa shape index (κ3) is 8.51. The van der Waals surface area contributed by atoms with E-state index in [1.165, 1.54) is 0 Å². The molecule has 0 saturated carbocycles. The van der Waals surface area contributed by atoms with Crippen molar-refractivity contribution < 1.29 is 48.2 Å². The molecule has 6 rings (SSSR count). The average molecular weight is 789 g/mol. The van der Waals surface area contributed by atoms with Crippen molar-refractivity contribution in [2.45, 2.75) is 159 Å². The Morgan fingerprint density at radius 2 is 1.73 bits per heavy atom. The minimum atomic E-state index is -1.73. The fourth-order valence-corrected chi connectivity index (χ4v) is 9.96. The monoisotopic (exact) mass is 788 g/mol. The third-order valence-corrected chi connectivity index (χ3v) is 13.3. The van der Waals surface area contributed by atoms with Gasteiger partial charge in [0.05, 0.1) is 29.8 Å². The van der Waals surface area contributed by atoms with Gasteiger partial charge >= 0.3 is 5.97 Å². The number of aliphatic hydroxyl groups excluding tert-OH is 2. The van der Waals surface area contributed by atoms with Gasteiger partial charge < -0.3 is 58.1 Å². The van der Waals surface area contributed by atoms with Gasteiger partial charge in [0.25, 0.3) is 6.01 Å². The van der Waals surface area contributed by atoms with E-state index in [4.69, 9.17) is 33.1 Å². The van der Waals surface area contributed by atoms with Crippen LogP contribution in [-0.4, -0.2) is 149 Å². The predicted octanol–water partition coefficient (Wildman–Crippen LogP) is 4.18. The lowest BCUT2D eigenvalue weighted by atomic mass is 9.78. The molecule has 4 aliphatic heterocycles. The number of cyclic esters (lactones) is 1. The molecule has 5 heterocycles. The number of nitrogens with zero attached hydrogens (tertiary/aromatic N) is 4. The molecule has 1 spiro atoms. The lowest BCUT2D eigenvalue weighted by Crippen LogP contribution is -2.60. The maximum absolute atomic E-state index is 14.4. The fourth-order valence-electron chi connectivity index (χ4n) is 9.96. The lowest BCUT2D eigenvalue weighted by Gasteiger charge is -2.49. The number of likely N-dealkylation sites (N-methyl/N-ethyl adjacent to an activating group) is 2. The number of oxazole rings is 1. The second-order valence-electron chi connectivity index (χ2n) is 18.1. The quantitative estimate of drug-likeness (QED) is 0.371. The summed E-state index contributed by atoms with van der Waals surface area (Å²) in [5, 5.41) is 35.1. The second kappa shape index (κ2) is 16.7. The van der Waals surface area contributed by atoms with E-state index in [-0.39, 0.29) is 18.1 Å². The molecule has 0 aliphatic carbocycles. The summed E-state index contributed by atoms with van der Waals surface area (Å²) >= 11 is 0. The highest BCUT2D eigenvalue weighted by Crippen LogP contribution is 2.48. The second-order valence-corrected chi connectivity index (χ2v) is 18.1. The Hall–Kier alpha value is -2.40. The molecule has 14 nitrogen and oxygen atoms in total. The molecule has 2 bridgehead atoms. The summed E-state index contributed by atoms with van der Waals surface area (Å²) < 4.78 is 40.4. The minimum absolute atomic E-state index is 0.00406. The average Bonchev–Trinajstić information content (AvgIpc) is 3.55. The molecule has 4 aliphatic rings. The zero-order valence-corrected chi connectivity index (χ0v) is 35.4. The van der Waals surface area contributed by atoms with Crippen molar-refractivity contribution in [3.8, 4) is 0 Å². The molecule has 0 radical (unpaired) electrons. The van der Waals surface area contributed by atoms with E-state index in [0.717, 1.165) is 11.1 Å². The van der Waals surface area contributed by atoms with E-state index in [1.807, 2.05) is 82.9 Å². The maximum Gasteiger partial charge on any atom is 0.311 e. The van der Waals surface area contributed by atoms with E-state index in [9.17, 15) is 20.1 Å². The smallest absolute Gasteiger partial charge is 0.311 e. The van der Waals surface area contributed by atoms with E-state index in [1.54, 1.807) is 13.8 Å². The summed E-state index contributed by atoms with van der Waals surface area (Å²) in [5.41, 5.74) is -1.23. The Balaban J connectivity index is 1.42. The summed E-state index contributed by atoms with van der Waals surface area (Å²) in [6.45, 7) is 16.9. The molecule has 4 fully saturated rings. The van der Waals surface area contributed by atoms with Gasteiger partial charge in [0, 0.05) is 50.5 Å². The first-order valence-corrected chi connectivity index (χ1v) is 20.7.